The third-order valence-corrected chi connectivity index (χ3v) is 3.67. The quantitative estimate of drug-likeness (QED) is 0.697. The Balaban J connectivity index is 1.67. The lowest BCUT2D eigenvalue weighted by Crippen LogP contribution is -2.30. The molecule has 0 radical (unpaired) electrons. The number of amides is 1. The van der Waals surface area contributed by atoms with Crippen LogP contribution in [0.5, 0.6) is 5.75 Å². The van der Waals surface area contributed by atoms with Crippen molar-refractivity contribution in [3.63, 3.8) is 0 Å². The zero-order chi connectivity index (χ0) is 17.8. The lowest BCUT2D eigenvalue weighted by atomic mass is 10.2. The van der Waals surface area contributed by atoms with E-state index in [0.29, 0.717) is 17.0 Å². The monoisotopic (exact) mass is 339 g/mol. The first-order chi connectivity index (χ1) is 12.1. The number of methoxy groups -OCH3 is 1. The number of nitrogens with zero attached hydrogens (tertiary/aromatic N) is 1. The summed E-state index contributed by atoms with van der Waals surface area (Å²) in [7, 11) is 1.51. The molecule has 0 aliphatic carbocycles. The number of rotatable bonds is 5. The van der Waals surface area contributed by atoms with E-state index in [0.717, 1.165) is 11.0 Å². The molecule has 1 unspecified atom stereocenters. The van der Waals surface area contributed by atoms with E-state index in [2.05, 4.69) is 15.3 Å². The SMILES string of the molecule is COc1ccccc1NC(=O)C(C)OC(=O)c1ccc2nc[nH]c2c1. The summed E-state index contributed by atoms with van der Waals surface area (Å²) in [5.41, 5.74) is 2.32. The van der Waals surface area contributed by atoms with Crippen molar-refractivity contribution in [2.45, 2.75) is 13.0 Å². The van der Waals surface area contributed by atoms with Crippen LogP contribution in [-0.2, 0) is 9.53 Å². The van der Waals surface area contributed by atoms with Gasteiger partial charge in [-0.1, -0.05) is 12.1 Å². The van der Waals surface area contributed by atoms with E-state index < -0.39 is 18.0 Å². The smallest absolute Gasteiger partial charge is 0.338 e. The number of hydrogen-bond donors (Lipinski definition) is 2. The molecule has 0 fully saturated rings. The van der Waals surface area contributed by atoms with E-state index in [1.807, 2.05) is 0 Å². The maximum absolute atomic E-state index is 12.3. The second kappa shape index (κ2) is 7.04. The first-order valence-corrected chi connectivity index (χ1v) is 7.66. The van der Waals surface area contributed by atoms with Gasteiger partial charge < -0.3 is 19.8 Å². The largest absolute Gasteiger partial charge is 0.495 e. The number of nitrogens with one attached hydrogen (secondary N) is 2. The zero-order valence-electron chi connectivity index (χ0n) is 13.8. The van der Waals surface area contributed by atoms with Crippen LogP contribution in [0.25, 0.3) is 11.0 Å². The molecule has 3 aromatic rings. The standard InChI is InChI=1S/C18H17N3O4/c1-11(17(22)21-14-5-3-4-6-16(14)24-2)25-18(23)12-7-8-13-15(9-12)20-10-19-13/h3-11H,1-2H3,(H,19,20)(H,21,22). The molecule has 1 aromatic heterocycles. The Labute approximate surface area is 144 Å². The van der Waals surface area contributed by atoms with Crippen molar-refractivity contribution >= 4 is 28.6 Å². The van der Waals surface area contributed by atoms with Gasteiger partial charge in [0, 0.05) is 0 Å². The highest BCUT2D eigenvalue weighted by atomic mass is 16.5. The number of imidazole rings is 1. The second-order valence-corrected chi connectivity index (χ2v) is 5.37. The fourth-order valence-corrected chi connectivity index (χ4v) is 2.33. The second-order valence-electron chi connectivity index (χ2n) is 5.37. The molecule has 0 saturated carbocycles. The molecule has 1 atom stereocenters. The molecular formula is C18H17N3O4. The van der Waals surface area contributed by atoms with Crippen LogP contribution in [0.3, 0.4) is 0 Å². The van der Waals surface area contributed by atoms with Gasteiger partial charge in [-0.2, -0.15) is 0 Å². The molecule has 0 aliphatic rings. The summed E-state index contributed by atoms with van der Waals surface area (Å²) < 4.78 is 10.4. The molecule has 3 rings (SSSR count). The zero-order valence-corrected chi connectivity index (χ0v) is 13.8. The Morgan fingerprint density at radius 1 is 1.20 bits per heavy atom. The summed E-state index contributed by atoms with van der Waals surface area (Å²) in [5, 5.41) is 2.69. The fourth-order valence-electron chi connectivity index (χ4n) is 2.33. The predicted octanol–water partition coefficient (Wildman–Crippen LogP) is 2.76. The van der Waals surface area contributed by atoms with Crippen molar-refractivity contribution in [2.24, 2.45) is 0 Å². The molecular weight excluding hydrogens is 322 g/mol. The molecule has 2 aromatic carbocycles. The Morgan fingerprint density at radius 2 is 2.00 bits per heavy atom. The van der Waals surface area contributed by atoms with Crippen LogP contribution in [-0.4, -0.2) is 35.1 Å². The number of aromatic nitrogens is 2. The number of anilines is 1. The van der Waals surface area contributed by atoms with E-state index in [4.69, 9.17) is 9.47 Å². The number of para-hydroxylation sites is 2. The van der Waals surface area contributed by atoms with Crippen LogP contribution in [0.2, 0.25) is 0 Å². The number of fused-ring (bicyclic) bond motifs is 1. The van der Waals surface area contributed by atoms with Crippen molar-refractivity contribution in [2.75, 3.05) is 12.4 Å². The van der Waals surface area contributed by atoms with Crippen LogP contribution in [0.15, 0.2) is 48.8 Å². The average molecular weight is 339 g/mol. The van der Waals surface area contributed by atoms with E-state index in [1.165, 1.54) is 14.0 Å². The minimum absolute atomic E-state index is 0.341. The Morgan fingerprint density at radius 3 is 2.80 bits per heavy atom. The minimum atomic E-state index is -0.963. The van der Waals surface area contributed by atoms with Gasteiger partial charge in [-0.3, -0.25) is 4.79 Å². The molecule has 7 heteroatoms. The van der Waals surface area contributed by atoms with Gasteiger partial charge in [-0.15, -0.1) is 0 Å². The maximum atomic E-state index is 12.3. The third kappa shape index (κ3) is 3.60. The van der Waals surface area contributed by atoms with Gasteiger partial charge in [0.1, 0.15) is 5.75 Å². The molecule has 128 valence electrons. The van der Waals surface area contributed by atoms with Crippen molar-refractivity contribution < 1.29 is 19.1 Å². The number of aromatic amines is 1. The molecule has 0 spiro atoms. The molecule has 25 heavy (non-hydrogen) atoms. The van der Waals surface area contributed by atoms with Crippen molar-refractivity contribution in [3.8, 4) is 5.75 Å². The molecule has 0 bridgehead atoms. The predicted molar refractivity (Wildman–Crippen MR) is 92.6 cm³/mol. The van der Waals surface area contributed by atoms with Gasteiger partial charge >= 0.3 is 5.97 Å². The first kappa shape index (κ1) is 16.5. The van der Waals surface area contributed by atoms with E-state index in [1.54, 1.807) is 48.8 Å². The lowest BCUT2D eigenvalue weighted by Gasteiger charge is -2.15. The summed E-state index contributed by atoms with van der Waals surface area (Å²) in [6.07, 6.45) is 0.582. The minimum Gasteiger partial charge on any atom is -0.495 e. The highest BCUT2D eigenvalue weighted by molar-refractivity contribution is 5.99. The van der Waals surface area contributed by atoms with Gasteiger partial charge in [0.05, 0.1) is 35.7 Å². The van der Waals surface area contributed by atoms with Crippen molar-refractivity contribution in [1.82, 2.24) is 9.97 Å². The molecule has 0 aliphatic heterocycles. The Bertz CT molecular complexity index is 919. The number of ether oxygens (including phenoxy) is 2. The van der Waals surface area contributed by atoms with Crippen LogP contribution in [0, 0.1) is 0 Å². The Kier molecular flexibility index (Phi) is 4.65. The number of carbonyl (C=O) groups excluding carboxylic acids is 2. The van der Waals surface area contributed by atoms with Gasteiger partial charge in [-0.25, -0.2) is 9.78 Å². The first-order valence-electron chi connectivity index (χ1n) is 7.66. The summed E-state index contributed by atoms with van der Waals surface area (Å²) >= 11 is 0. The third-order valence-electron chi connectivity index (χ3n) is 3.67. The topological polar surface area (TPSA) is 93.3 Å². The highest BCUT2D eigenvalue weighted by Gasteiger charge is 2.20. The van der Waals surface area contributed by atoms with Crippen LogP contribution in [0.4, 0.5) is 5.69 Å². The van der Waals surface area contributed by atoms with Crippen LogP contribution >= 0.6 is 0 Å². The maximum Gasteiger partial charge on any atom is 0.338 e. The van der Waals surface area contributed by atoms with Gasteiger partial charge in [0.25, 0.3) is 5.91 Å². The molecule has 0 saturated heterocycles. The Hall–Kier alpha value is -3.35. The summed E-state index contributed by atoms with van der Waals surface area (Å²) in [6, 6.07) is 12.0. The number of esters is 1. The number of carbonyl (C=O) groups is 2. The highest BCUT2D eigenvalue weighted by Crippen LogP contribution is 2.23. The van der Waals surface area contributed by atoms with E-state index in [9.17, 15) is 9.59 Å². The molecule has 2 N–H and O–H groups in total. The van der Waals surface area contributed by atoms with Crippen molar-refractivity contribution in [1.29, 1.82) is 0 Å². The number of benzene rings is 2. The van der Waals surface area contributed by atoms with Gasteiger partial charge in [0.15, 0.2) is 6.10 Å². The number of hydrogen-bond acceptors (Lipinski definition) is 5. The summed E-state index contributed by atoms with van der Waals surface area (Å²) in [4.78, 5) is 31.5. The normalized spacial score (nSPS) is 11.8. The van der Waals surface area contributed by atoms with E-state index >= 15 is 0 Å². The van der Waals surface area contributed by atoms with E-state index in [-0.39, 0.29) is 0 Å². The fraction of sp³-hybridized carbons (Fsp3) is 0.167. The van der Waals surface area contributed by atoms with Crippen LogP contribution in [0.1, 0.15) is 17.3 Å². The molecule has 7 nitrogen and oxygen atoms in total. The average Bonchev–Trinajstić information content (AvgIpc) is 3.09. The number of H-pyrrole nitrogens is 1. The summed E-state index contributed by atoms with van der Waals surface area (Å²) in [6.45, 7) is 1.51. The lowest BCUT2D eigenvalue weighted by molar-refractivity contribution is -0.123. The summed E-state index contributed by atoms with van der Waals surface area (Å²) in [5.74, 6) is -0.501. The van der Waals surface area contributed by atoms with Crippen molar-refractivity contribution in [3.05, 3.63) is 54.4 Å². The van der Waals surface area contributed by atoms with Gasteiger partial charge in [-0.05, 0) is 37.3 Å². The van der Waals surface area contributed by atoms with Gasteiger partial charge in [0.2, 0.25) is 0 Å². The van der Waals surface area contributed by atoms with Crippen LogP contribution < -0.4 is 10.1 Å². The molecule has 1 heterocycles. The molecule has 1 amide bonds.